The van der Waals surface area contributed by atoms with Gasteiger partial charge in [-0.2, -0.15) is 0 Å². The van der Waals surface area contributed by atoms with Gasteiger partial charge < -0.3 is 78.8 Å². The zero-order chi connectivity index (χ0) is 39.7. The number of aliphatic hydroxyl groups excluding tert-OH is 5. The number of fused-ring (bicyclic) bond motifs is 1. The van der Waals surface area contributed by atoms with Crippen molar-refractivity contribution in [2.75, 3.05) is 13.7 Å². The van der Waals surface area contributed by atoms with Crippen LogP contribution in [-0.4, -0.2) is 127 Å². The van der Waals surface area contributed by atoms with E-state index in [1.807, 2.05) is 0 Å². The second kappa shape index (κ2) is 16.1. The molecular weight excluding hydrogens is 732 g/mol. The van der Waals surface area contributed by atoms with Crippen molar-refractivity contribution < 1.29 is 83.6 Å². The van der Waals surface area contributed by atoms with Gasteiger partial charge in [0.15, 0.2) is 46.9 Å². The van der Waals surface area contributed by atoms with Gasteiger partial charge >= 0.3 is 5.97 Å². The molecule has 0 aromatic heterocycles. The van der Waals surface area contributed by atoms with Gasteiger partial charge in [0.25, 0.3) is 0 Å². The van der Waals surface area contributed by atoms with Crippen LogP contribution in [0.4, 0.5) is 0 Å². The molecule has 3 aliphatic heterocycles. The van der Waals surface area contributed by atoms with Gasteiger partial charge in [-0.15, -0.1) is 0 Å². The van der Waals surface area contributed by atoms with E-state index >= 15 is 0 Å². The third-order valence-electron chi connectivity index (χ3n) is 9.02. The highest BCUT2D eigenvalue weighted by Crippen LogP contribution is 2.46. The van der Waals surface area contributed by atoms with Crippen LogP contribution in [0.2, 0.25) is 0 Å². The summed E-state index contributed by atoms with van der Waals surface area (Å²) in [5.41, 5.74) is -0.153. The quantitative estimate of drug-likeness (QED) is 0.0604. The molecule has 10 atom stereocenters. The maximum absolute atomic E-state index is 13.0. The minimum atomic E-state index is -1.96. The van der Waals surface area contributed by atoms with E-state index < -0.39 is 96.7 Å². The lowest BCUT2D eigenvalue weighted by Gasteiger charge is -2.43. The molecular formula is C37H38O18. The summed E-state index contributed by atoms with van der Waals surface area (Å²) in [5.74, 6) is -3.67. The van der Waals surface area contributed by atoms with E-state index in [0.29, 0.717) is 5.56 Å². The Kier molecular flexibility index (Phi) is 11.5. The Morgan fingerprint density at radius 1 is 0.800 bits per heavy atom. The van der Waals surface area contributed by atoms with Crippen LogP contribution < -0.4 is 14.9 Å². The standard InChI is InChI=1S/C37H38O18/c1-15-28(43)31(46)32(47)36(51-15)50-14-26-30(45)35(55-27(42)8-5-16-3-6-18(38)7-4-16)33(48)37(54-26)53-25-13-20-21(40)11-19(39)12-23(20)52-34(25)17-9-22(41)29(44)24(10-17)49-2/h3-13,15,26,28,30-33,35-38,40-41,43-48H,14H2,1-2H3/t15-,26+,28-,30+,31+,32+,33+,35-,36+,37+/m0/s1. The first-order chi connectivity index (χ1) is 26.1. The number of hydrogen-bond donors (Lipinski definition) is 9. The van der Waals surface area contributed by atoms with Gasteiger partial charge in [-0.3, -0.25) is 4.79 Å². The molecule has 0 spiro atoms. The van der Waals surface area contributed by atoms with Crippen molar-refractivity contribution in [1.29, 1.82) is 0 Å². The number of esters is 1. The summed E-state index contributed by atoms with van der Waals surface area (Å²) < 4.78 is 39.7. The lowest BCUT2D eigenvalue weighted by Crippen LogP contribution is -2.62. The van der Waals surface area contributed by atoms with Crippen LogP contribution in [0.1, 0.15) is 12.5 Å². The molecule has 1 aliphatic carbocycles. The van der Waals surface area contributed by atoms with Gasteiger partial charge in [0.2, 0.25) is 12.0 Å². The second-order valence-electron chi connectivity index (χ2n) is 12.8. The molecule has 0 amide bonds. The first-order valence-corrected chi connectivity index (χ1v) is 16.7. The molecule has 9 N–H and O–H groups in total. The minimum Gasteiger partial charge on any atom is -0.508 e. The molecule has 3 heterocycles. The number of hydrogen-bond acceptors (Lipinski definition) is 18. The molecule has 18 heteroatoms. The number of rotatable bonds is 10. The van der Waals surface area contributed by atoms with E-state index in [1.165, 1.54) is 56.5 Å². The van der Waals surface area contributed by atoms with Crippen LogP contribution in [0.25, 0.3) is 28.7 Å². The fourth-order valence-electron chi connectivity index (χ4n) is 6.01. The zero-order valence-corrected chi connectivity index (χ0v) is 29.0. The highest BCUT2D eigenvalue weighted by Gasteiger charge is 2.50. The Morgan fingerprint density at radius 2 is 1.53 bits per heavy atom. The van der Waals surface area contributed by atoms with Crippen molar-refractivity contribution in [2.24, 2.45) is 0 Å². The Labute approximate surface area is 311 Å². The Hall–Kier alpha value is -5.44. The fraction of sp³-hybridized carbons (Fsp3) is 0.351. The van der Waals surface area contributed by atoms with Crippen LogP contribution in [0.5, 0.6) is 34.5 Å². The summed E-state index contributed by atoms with van der Waals surface area (Å²) in [5, 5.41) is 94.5. The average Bonchev–Trinajstić information content (AvgIpc) is 3.15. The number of aromatic hydroxyl groups is 4. The van der Waals surface area contributed by atoms with Gasteiger partial charge in [0.05, 0.1) is 25.4 Å². The summed E-state index contributed by atoms with van der Waals surface area (Å²) in [6, 6.07) is 11.3. The topological polar surface area (TPSA) is 285 Å². The lowest BCUT2D eigenvalue weighted by atomic mass is 9.98. The fourth-order valence-corrected chi connectivity index (χ4v) is 6.01. The maximum Gasteiger partial charge on any atom is 0.331 e. The van der Waals surface area contributed by atoms with Crippen molar-refractivity contribution in [2.45, 2.75) is 68.3 Å². The van der Waals surface area contributed by atoms with E-state index in [9.17, 15) is 55.5 Å². The normalized spacial score (nSPS) is 28.3. The molecule has 294 valence electrons. The van der Waals surface area contributed by atoms with E-state index in [4.69, 9.17) is 32.8 Å². The van der Waals surface area contributed by atoms with Gasteiger partial charge in [0.1, 0.15) is 47.8 Å². The van der Waals surface area contributed by atoms with Crippen molar-refractivity contribution in [3.63, 3.8) is 0 Å². The van der Waals surface area contributed by atoms with E-state index in [1.54, 1.807) is 0 Å². The number of benzene rings is 3. The van der Waals surface area contributed by atoms with Crippen LogP contribution in [0.15, 0.2) is 69.9 Å². The van der Waals surface area contributed by atoms with Gasteiger partial charge in [-0.05, 0) is 48.9 Å². The zero-order valence-electron chi connectivity index (χ0n) is 29.0. The summed E-state index contributed by atoms with van der Waals surface area (Å²) in [7, 11) is 1.22. The molecule has 2 saturated heterocycles. The van der Waals surface area contributed by atoms with E-state index in [0.717, 1.165) is 24.3 Å². The summed E-state index contributed by atoms with van der Waals surface area (Å²) in [6.45, 7) is 0.794. The number of carbonyl (C=O) groups excluding carboxylic acids is 1. The third kappa shape index (κ3) is 8.31. The van der Waals surface area contributed by atoms with Gasteiger partial charge in [0, 0.05) is 23.8 Å². The summed E-state index contributed by atoms with van der Waals surface area (Å²) in [6.07, 6.45) is -13.9. The number of aliphatic hydroxyl groups is 5. The summed E-state index contributed by atoms with van der Waals surface area (Å²) >= 11 is 0. The molecule has 18 nitrogen and oxygen atoms in total. The summed E-state index contributed by atoms with van der Waals surface area (Å²) in [4.78, 5) is 25.2. The Balaban J connectivity index is 1.35. The number of phenols is 4. The van der Waals surface area contributed by atoms with Crippen LogP contribution in [0.3, 0.4) is 0 Å². The number of carbonyl (C=O) groups is 1. The van der Waals surface area contributed by atoms with E-state index in [2.05, 4.69) is 0 Å². The predicted octanol–water partition coefficient (Wildman–Crippen LogP) is 0.537. The van der Waals surface area contributed by atoms with Crippen molar-refractivity contribution in [1.82, 2.24) is 0 Å². The van der Waals surface area contributed by atoms with Gasteiger partial charge in [-0.1, -0.05) is 12.1 Å². The second-order valence-corrected chi connectivity index (χ2v) is 12.8. The maximum atomic E-state index is 13.0. The first kappa shape index (κ1) is 39.3. The Morgan fingerprint density at radius 3 is 2.24 bits per heavy atom. The molecule has 55 heavy (non-hydrogen) atoms. The van der Waals surface area contributed by atoms with Crippen molar-refractivity contribution in [3.8, 4) is 57.1 Å². The van der Waals surface area contributed by atoms with Crippen molar-refractivity contribution in [3.05, 3.63) is 76.5 Å². The SMILES string of the molecule is COc1cc(-c2oc3cc(=O)cc(O)c-3cc2O[C@@H]2O[C@H](CO[C@@H]3O[C@@H](C)[C@H](O)[C@@H](O)[C@H]3O)[C@@H](O)[C@H](OC(=O)C=Cc3ccc(O)cc3)[C@H]2O)cc(O)c1O. The molecule has 2 aromatic carbocycles. The smallest absolute Gasteiger partial charge is 0.331 e. The van der Waals surface area contributed by atoms with Crippen molar-refractivity contribution >= 4 is 12.0 Å². The van der Waals surface area contributed by atoms with E-state index in [-0.39, 0.29) is 39.9 Å². The first-order valence-electron chi connectivity index (χ1n) is 16.7. The predicted molar refractivity (Wildman–Crippen MR) is 185 cm³/mol. The monoisotopic (exact) mass is 770 g/mol. The van der Waals surface area contributed by atoms with Gasteiger partial charge in [-0.25, -0.2) is 4.79 Å². The third-order valence-corrected chi connectivity index (χ3v) is 9.02. The molecule has 2 fully saturated rings. The molecule has 2 aromatic rings. The molecule has 6 rings (SSSR count). The number of methoxy groups -OCH3 is 1. The largest absolute Gasteiger partial charge is 0.508 e. The molecule has 0 radical (unpaired) electrons. The average molecular weight is 771 g/mol. The molecule has 0 unspecified atom stereocenters. The highest BCUT2D eigenvalue weighted by atomic mass is 16.7. The molecule has 0 bridgehead atoms. The van der Waals surface area contributed by atoms with Crippen LogP contribution in [-0.2, 0) is 23.7 Å². The van der Waals surface area contributed by atoms with Crippen LogP contribution in [0, 0.1) is 0 Å². The van der Waals surface area contributed by atoms with Crippen LogP contribution >= 0.6 is 0 Å². The Bertz CT molecular complexity index is 2040. The molecule has 4 aliphatic rings. The molecule has 0 saturated carbocycles. The lowest BCUT2D eigenvalue weighted by molar-refractivity contribution is -0.319. The number of ether oxygens (including phenoxy) is 6. The number of phenolic OH excluding ortho intramolecular Hbond substituents is 4. The minimum absolute atomic E-state index is 0.00528. The highest BCUT2D eigenvalue weighted by molar-refractivity contribution is 5.87.